The molecule has 1 atom stereocenters. The quantitative estimate of drug-likeness (QED) is 0.650. The molecular weight excluding hydrogens is 419 g/mol. The number of anilines is 1. The van der Waals surface area contributed by atoms with Gasteiger partial charge in [0, 0.05) is 29.2 Å². The second kappa shape index (κ2) is 7.88. The number of nitrogens with one attached hydrogen (secondary N) is 1. The molecule has 0 aliphatic carbocycles. The molecule has 3 N–H and O–H groups in total. The van der Waals surface area contributed by atoms with E-state index in [4.69, 9.17) is 5.73 Å². The minimum absolute atomic E-state index is 0.00794. The summed E-state index contributed by atoms with van der Waals surface area (Å²) in [6.07, 6.45) is 2.86. The Labute approximate surface area is 181 Å². The Balaban J connectivity index is 1.57. The van der Waals surface area contributed by atoms with Gasteiger partial charge in [-0.25, -0.2) is 14.4 Å². The number of amides is 2. The Morgan fingerprint density at radius 3 is 2.74 bits per heavy atom. The number of benzene rings is 1. The molecular formula is C21H19FN6O2S. The zero-order chi connectivity index (χ0) is 22.2. The first-order valence-corrected chi connectivity index (χ1v) is 10.3. The summed E-state index contributed by atoms with van der Waals surface area (Å²) >= 11 is 1.54. The van der Waals surface area contributed by atoms with Crippen molar-refractivity contribution in [3.63, 3.8) is 0 Å². The lowest BCUT2D eigenvalue weighted by molar-refractivity contribution is -0.128. The van der Waals surface area contributed by atoms with E-state index in [-0.39, 0.29) is 29.5 Å². The van der Waals surface area contributed by atoms with E-state index in [2.05, 4.69) is 20.3 Å². The minimum Gasteiger partial charge on any atom is -0.369 e. The van der Waals surface area contributed by atoms with Crippen molar-refractivity contribution in [3.05, 3.63) is 64.5 Å². The molecule has 3 heterocycles. The summed E-state index contributed by atoms with van der Waals surface area (Å²) in [4.78, 5) is 38.8. The van der Waals surface area contributed by atoms with Crippen LogP contribution in [0.5, 0.6) is 0 Å². The van der Waals surface area contributed by atoms with Crippen LogP contribution in [-0.2, 0) is 10.3 Å². The van der Waals surface area contributed by atoms with Crippen molar-refractivity contribution in [2.75, 3.05) is 12.4 Å². The van der Waals surface area contributed by atoms with E-state index in [1.807, 2.05) is 16.8 Å². The molecule has 4 rings (SSSR count). The number of carbonyl (C=O) groups excluding carboxylic acids is 2. The Morgan fingerprint density at radius 1 is 1.29 bits per heavy atom. The number of halogens is 1. The van der Waals surface area contributed by atoms with Crippen molar-refractivity contribution in [1.29, 1.82) is 0 Å². The highest BCUT2D eigenvalue weighted by molar-refractivity contribution is 7.08. The maximum atomic E-state index is 14.6. The summed E-state index contributed by atoms with van der Waals surface area (Å²) in [5, 5.41) is 6.55. The molecule has 2 aromatic heterocycles. The first-order valence-electron chi connectivity index (χ1n) is 9.35. The monoisotopic (exact) mass is 438 g/mol. The predicted molar refractivity (Wildman–Crippen MR) is 116 cm³/mol. The standard InChI is InChI=1S/C21H19FN6O2S/c1-21(8-18(29)28(2)20(23)27-21)14-7-13(3-4-15(14)22)26-19(30)17-10-24-16(9-25-17)12-5-6-31-11-12/h3-7,9-11H,8H2,1-2H3,(H2,23,27)(H,26,30). The maximum Gasteiger partial charge on any atom is 0.275 e. The highest BCUT2D eigenvalue weighted by atomic mass is 32.1. The van der Waals surface area contributed by atoms with Gasteiger partial charge < -0.3 is 11.1 Å². The van der Waals surface area contributed by atoms with Gasteiger partial charge in [-0.1, -0.05) is 0 Å². The maximum absolute atomic E-state index is 14.6. The average Bonchev–Trinajstić information content (AvgIpc) is 3.28. The molecule has 2 amide bonds. The molecule has 0 spiro atoms. The molecule has 0 saturated carbocycles. The van der Waals surface area contributed by atoms with Crippen molar-refractivity contribution in [2.45, 2.75) is 18.9 Å². The third kappa shape index (κ3) is 4.02. The van der Waals surface area contributed by atoms with Gasteiger partial charge in [0.2, 0.25) is 5.91 Å². The van der Waals surface area contributed by atoms with Crippen molar-refractivity contribution in [1.82, 2.24) is 14.9 Å². The van der Waals surface area contributed by atoms with Crippen LogP contribution in [0.3, 0.4) is 0 Å². The summed E-state index contributed by atoms with van der Waals surface area (Å²) in [5.41, 5.74) is 6.85. The smallest absolute Gasteiger partial charge is 0.275 e. The zero-order valence-electron chi connectivity index (χ0n) is 16.8. The largest absolute Gasteiger partial charge is 0.369 e. The first kappa shape index (κ1) is 20.6. The van der Waals surface area contributed by atoms with Crippen LogP contribution in [0, 0.1) is 5.82 Å². The summed E-state index contributed by atoms with van der Waals surface area (Å²) in [7, 11) is 1.51. The van der Waals surface area contributed by atoms with Gasteiger partial charge in [0.05, 0.1) is 30.0 Å². The van der Waals surface area contributed by atoms with Gasteiger partial charge in [-0.15, -0.1) is 0 Å². The van der Waals surface area contributed by atoms with Crippen molar-refractivity contribution in [2.24, 2.45) is 10.7 Å². The van der Waals surface area contributed by atoms with E-state index in [9.17, 15) is 14.0 Å². The Hall–Kier alpha value is -3.66. The van der Waals surface area contributed by atoms with Crippen LogP contribution >= 0.6 is 11.3 Å². The third-order valence-corrected chi connectivity index (χ3v) is 5.76. The fourth-order valence-electron chi connectivity index (χ4n) is 3.28. The average molecular weight is 438 g/mol. The molecule has 1 aliphatic rings. The summed E-state index contributed by atoms with van der Waals surface area (Å²) in [6.45, 7) is 1.63. The van der Waals surface area contributed by atoms with Gasteiger partial charge in [-0.3, -0.25) is 19.5 Å². The third-order valence-electron chi connectivity index (χ3n) is 5.08. The molecule has 0 radical (unpaired) electrons. The van der Waals surface area contributed by atoms with Crippen LogP contribution in [0.4, 0.5) is 10.1 Å². The second-order valence-electron chi connectivity index (χ2n) is 7.32. The zero-order valence-corrected chi connectivity index (χ0v) is 17.6. The van der Waals surface area contributed by atoms with Gasteiger partial charge in [0.15, 0.2) is 5.96 Å². The SMILES string of the molecule is CN1C(=O)CC(C)(c2cc(NC(=O)c3cnc(-c4ccsc4)cn3)ccc2F)N=C1N. The molecule has 1 unspecified atom stereocenters. The number of carbonyl (C=O) groups is 2. The number of thiophene rings is 1. The number of rotatable bonds is 4. The molecule has 3 aromatic rings. The summed E-state index contributed by atoms with van der Waals surface area (Å²) < 4.78 is 14.6. The van der Waals surface area contributed by atoms with E-state index >= 15 is 0 Å². The van der Waals surface area contributed by atoms with Gasteiger partial charge in [-0.05, 0) is 36.6 Å². The van der Waals surface area contributed by atoms with E-state index in [0.29, 0.717) is 11.4 Å². The van der Waals surface area contributed by atoms with E-state index in [0.717, 1.165) is 5.56 Å². The van der Waals surface area contributed by atoms with Crippen molar-refractivity contribution >= 4 is 34.8 Å². The van der Waals surface area contributed by atoms with Crippen LogP contribution in [0.2, 0.25) is 0 Å². The normalized spacial score (nSPS) is 18.6. The van der Waals surface area contributed by atoms with Gasteiger partial charge >= 0.3 is 0 Å². The molecule has 158 valence electrons. The highest BCUT2D eigenvalue weighted by Crippen LogP contribution is 2.35. The minimum atomic E-state index is -1.18. The lowest BCUT2D eigenvalue weighted by atomic mass is 9.87. The Kier molecular flexibility index (Phi) is 5.24. The molecule has 1 aliphatic heterocycles. The first-order chi connectivity index (χ1) is 14.8. The lowest BCUT2D eigenvalue weighted by Crippen LogP contribution is -2.47. The van der Waals surface area contributed by atoms with Crippen LogP contribution in [0.1, 0.15) is 29.4 Å². The number of nitrogens with zero attached hydrogens (tertiary/aromatic N) is 4. The predicted octanol–water partition coefficient (Wildman–Crippen LogP) is 2.99. The molecule has 0 fully saturated rings. The number of aliphatic imine (C=N–C) groups is 1. The Morgan fingerprint density at radius 2 is 2.10 bits per heavy atom. The lowest BCUT2D eigenvalue weighted by Gasteiger charge is -2.34. The fourth-order valence-corrected chi connectivity index (χ4v) is 3.93. The molecule has 10 heteroatoms. The second-order valence-corrected chi connectivity index (χ2v) is 8.10. The Bertz CT molecular complexity index is 1180. The van der Waals surface area contributed by atoms with E-state index in [1.54, 1.807) is 18.3 Å². The van der Waals surface area contributed by atoms with E-state index in [1.165, 1.54) is 42.5 Å². The van der Waals surface area contributed by atoms with Crippen molar-refractivity contribution < 1.29 is 14.0 Å². The molecule has 8 nitrogen and oxygen atoms in total. The molecule has 0 bridgehead atoms. The van der Waals surface area contributed by atoms with Gasteiger partial charge in [0.25, 0.3) is 5.91 Å². The van der Waals surface area contributed by atoms with Crippen LogP contribution in [0.25, 0.3) is 11.3 Å². The number of nitrogens with two attached hydrogens (primary N) is 1. The highest BCUT2D eigenvalue weighted by Gasteiger charge is 2.38. The van der Waals surface area contributed by atoms with Crippen molar-refractivity contribution in [3.8, 4) is 11.3 Å². The topological polar surface area (TPSA) is 114 Å². The van der Waals surface area contributed by atoms with Crippen LogP contribution in [-0.4, -0.2) is 39.7 Å². The number of aromatic nitrogens is 2. The molecule has 0 saturated heterocycles. The number of hydrogen-bond donors (Lipinski definition) is 2. The summed E-state index contributed by atoms with van der Waals surface area (Å²) in [6, 6.07) is 6.01. The fraction of sp³-hybridized carbons (Fsp3) is 0.190. The van der Waals surface area contributed by atoms with Crippen LogP contribution in [0.15, 0.2) is 52.4 Å². The molecule has 31 heavy (non-hydrogen) atoms. The van der Waals surface area contributed by atoms with Gasteiger partial charge in [-0.2, -0.15) is 11.3 Å². The number of guanidine groups is 1. The van der Waals surface area contributed by atoms with Crippen LogP contribution < -0.4 is 11.1 Å². The molecule has 1 aromatic carbocycles. The van der Waals surface area contributed by atoms with E-state index < -0.39 is 17.3 Å². The van der Waals surface area contributed by atoms with Gasteiger partial charge in [0.1, 0.15) is 11.5 Å². The summed E-state index contributed by atoms with van der Waals surface area (Å²) in [5.74, 6) is -1.30. The number of hydrogen-bond acceptors (Lipinski definition) is 7.